The zero-order valence-corrected chi connectivity index (χ0v) is 12.8. The molecule has 0 bridgehead atoms. The van der Waals surface area contributed by atoms with Gasteiger partial charge in [0.1, 0.15) is 0 Å². The fourth-order valence-electron chi connectivity index (χ4n) is 3.16. The number of carbonyl (C=O) groups excluding carboxylic acids is 1. The number of aromatic nitrogens is 2. The Morgan fingerprint density at radius 3 is 2.78 bits per heavy atom. The number of hydrogen-bond acceptors (Lipinski definition) is 3. The van der Waals surface area contributed by atoms with Crippen molar-refractivity contribution in [3.63, 3.8) is 0 Å². The van der Waals surface area contributed by atoms with Crippen LogP contribution in [0, 0.1) is 0 Å². The average molecular weight is 307 g/mol. The van der Waals surface area contributed by atoms with Gasteiger partial charge in [-0.1, -0.05) is 12.1 Å². The number of rotatable bonds is 2. The van der Waals surface area contributed by atoms with Crippen LogP contribution in [0.4, 0.5) is 0 Å². The third-order valence-corrected chi connectivity index (χ3v) is 4.45. The maximum Gasteiger partial charge on any atom is 0.254 e. The van der Waals surface area contributed by atoms with Crippen LogP contribution in [0.25, 0.3) is 11.3 Å². The molecule has 3 aromatic rings. The number of benzene rings is 1. The van der Waals surface area contributed by atoms with Gasteiger partial charge in [0.2, 0.25) is 0 Å². The number of fused-ring (bicyclic) bond motifs is 1. The average Bonchev–Trinajstić information content (AvgIpc) is 3.27. The van der Waals surface area contributed by atoms with Gasteiger partial charge in [0, 0.05) is 36.1 Å². The first-order chi connectivity index (χ1) is 11.2. The zero-order valence-electron chi connectivity index (χ0n) is 12.8. The van der Waals surface area contributed by atoms with Crippen LogP contribution < -0.4 is 0 Å². The Morgan fingerprint density at radius 2 is 2.04 bits per heavy atom. The molecule has 4 rings (SSSR count). The zero-order chi connectivity index (χ0) is 15.8. The Kier molecular flexibility index (Phi) is 3.26. The van der Waals surface area contributed by atoms with E-state index >= 15 is 0 Å². The van der Waals surface area contributed by atoms with E-state index in [0.29, 0.717) is 11.3 Å². The molecule has 3 heterocycles. The molecular weight excluding hydrogens is 290 g/mol. The lowest BCUT2D eigenvalue weighted by molar-refractivity contribution is 0.0644. The molecule has 1 unspecified atom stereocenters. The van der Waals surface area contributed by atoms with E-state index in [0.717, 1.165) is 18.7 Å². The first-order valence-corrected chi connectivity index (χ1v) is 7.69. The molecule has 0 aliphatic carbocycles. The van der Waals surface area contributed by atoms with Crippen molar-refractivity contribution >= 4 is 5.91 Å². The Hall–Kier alpha value is -2.82. The number of nitrogens with zero attached hydrogens (tertiary/aromatic N) is 3. The number of hydrogen-bond donors (Lipinski definition) is 0. The molecule has 5 heteroatoms. The van der Waals surface area contributed by atoms with Gasteiger partial charge >= 0.3 is 0 Å². The number of oxazole rings is 1. The van der Waals surface area contributed by atoms with E-state index in [4.69, 9.17) is 4.42 Å². The molecule has 5 nitrogen and oxygen atoms in total. The first kappa shape index (κ1) is 13.8. The lowest BCUT2D eigenvalue weighted by atomic mass is 10.1. The van der Waals surface area contributed by atoms with Crippen molar-refractivity contribution in [2.45, 2.75) is 19.5 Å². The van der Waals surface area contributed by atoms with Crippen LogP contribution >= 0.6 is 0 Å². The lowest BCUT2D eigenvalue weighted by Gasteiger charge is -2.35. The van der Waals surface area contributed by atoms with Crippen LogP contribution in [0.5, 0.6) is 0 Å². The summed E-state index contributed by atoms with van der Waals surface area (Å²) in [5.41, 5.74) is 2.79. The van der Waals surface area contributed by atoms with Crippen molar-refractivity contribution in [1.82, 2.24) is 14.5 Å². The number of carbonyl (C=O) groups is 1. The molecule has 1 aliphatic heterocycles. The summed E-state index contributed by atoms with van der Waals surface area (Å²) < 4.78 is 7.48. The fourth-order valence-corrected chi connectivity index (χ4v) is 3.16. The van der Waals surface area contributed by atoms with Crippen LogP contribution in [-0.2, 0) is 6.54 Å². The first-order valence-electron chi connectivity index (χ1n) is 7.69. The van der Waals surface area contributed by atoms with E-state index in [1.165, 1.54) is 12.1 Å². The molecule has 0 spiro atoms. The minimum absolute atomic E-state index is 0.0640. The Bertz CT molecular complexity index is 818. The third kappa shape index (κ3) is 2.34. The highest BCUT2D eigenvalue weighted by atomic mass is 16.3. The summed E-state index contributed by atoms with van der Waals surface area (Å²) >= 11 is 0. The summed E-state index contributed by atoms with van der Waals surface area (Å²) in [5.74, 6) is 0.766. The van der Waals surface area contributed by atoms with E-state index in [1.54, 1.807) is 6.20 Å². The van der Waals surface area contributed by atoms with Gasteiger partial charge in [-0.2, -0.15) is 0 Å². The predicted molar refractivity (Wildman–Crippen MR) is 85.8 cm³/mol. The summed E-state index contributed by atoms with van der Waals surface area (Å²) in [7, 11) is 0. The molecule has 0 fully saturated rings. The molecule has 116 valence electrons. The smallest absolute Gasteiger partial charge is 0.254 e. The van der Waals surface area contributed by atoms with Crippen molar-refractivity contribution in [2.75, 3.05) is 6.54 Å². The minimum atomic E-state index is 0.0640. The lowest BCUT2D eigenvalue weighted by Crippen LogP contribution is -2.40. The Morgan fingerprint density at radius 1 is 1.22 bits per heavy atom. The molecular formula is C18H17N3O2. The van der Waals surface area contributed by atoms with E-state index in [-0.39, 0.29) is 11.9 Å². The molecule has 0 radical (unpaired) electrons. The van der Waals surface area contributed by atoms with Gasteiger partial charge in [0.15, 0.2) is 12.2 Å². The highest BCUT2D eigenvalue weighted by Gasteiger charge is 2.28. The molecule has 2 aromatic heterocycles. The standard InChI is InChI=1S/C18H17N3O2/c1-13-16-3-2-8-20(16)9-10-21(13)18(22)15-6-4-14(5-7-15)17-11-19-12-23-17/h2-8,11-13H,9-10H2,1H3. The molecule has 1 atom stereocenters. The van der Waals surface area contributed by atoms with Crippen LogP contribution in [0.3, 0.4) is 0 Å². The molecule has 23 heavy (non-hydrogen) atoms. The predicted octanol–water partition coefficient (Wildman–Crippen LogP) is 3.36. The highest BCUT2D eigenvalue weighted by Crippen LogP contribution is 2.27. The Balaban J connectivity index is 1.58. The van der Waals surface area contributed by atoms with Gasteiger partial charge in [0.05, 0.1) is 12.2 Å². The van der Waals surface area contributed by atoms with Crippen LogP contribution in [-0.4, -0.2) is 26.9 Å². The highest BCUT2D eigenvalue weighted by molar-refractivity contribution is 5.95. The Labute approximate surface area is 134 Å². The maximum absolute atomic E-state index is 12.8. The summed E-state index contributed by atoms with van der Waals surface area (Å²) in [6, 6.07) is 11.7. The topological polar surface area (TPSA) is 51.3 Å². The van der Waals surface area contributed by atoms with Gasteiger partial charge in [-0.25, -0.2) is 4.98 Å². The molecule has 1 aliphatic rings. The van der Waals surface area contributed by atoms with Crippen molar-refractivity contribution in [3.8, 4) is 11.3 Å². The molecule has 0 saturated heterocycles. The molecule has 0 N–H and O–H groups in total. The van der Waals surface area contributed by atoms with E-state index in [9.17, 15) is 4.79 Å². The summed E-state index contributed by atoms with van der Waals surface area (Å²) in [6.07, 6.45) is 5.14. The van der Waals surface area contributed by atoms with E-state index in [2.05, 4.69) is 28.7 Å². The second-order valence-corrected chi connectivity index (χ2v) is 5.74. The van der Waals surface area contributed by atoms with Crippen molar-refractivity contribution in [1.29, 1.82) is 0 Å². The maximum atomic E-state index is 12.8. The van der Waals surface area contributed by atoms with Gasteiger partial charge < -0.3 is 13.9 Å². The normalized spacial score (nSPS) is 17.1. The van der Waals surface area contributed by atoms with Gasteiger partial charge in [-0.3, -0.25) is 4.79 Å². The quantitative estimate of drug-likeness (QED) is 0.729. The molecule has 0 saturated carbocycles. The van der Waals surface area contributed by atoms with Crippen molar-refractivity contribution in [3.05, 3.63) is 66.4 Å². The van der Waals surface area contributed by atoms with E-state index < -0.39 is 0 Å². The SMILES string of the molecule is CC1c2cccn2CCN1C(=O)c1ccc(-c2cnco2)cc1. The van der Waals surface area contributed by atoms with Crippen LogP contribution in [0.2, 0.25) is 0 Å². The number of amides is 1. The second-order valence-electron chi connectivity index (χ2n) is 5.74. The van der Waals surface area contributed by atoms with Gasteiger partial charge in [0.25, 0.3) is 5.91 Å². The summed E-state index contributed by atoms with van der Waals surface area (Å²) in [5, 5.41) is 0. The third-order valence-electron chi connectivity index (χ3n) is 4.45. The monoisotopic (exact) mass is 307 g/mol. The second kappa shape index (κ2) is 5.43. The van der Waals surface area contributed by atoms with E-state index in [1.807, 2.05) is 35.2 Å². The van der Waals surface area contributed by atoms with Gasteiger partial charge in [-0.15, -0.1) is 0 Å². The molecule has 1 amide bonds. The minimum Gasteiger partial charge on any atom is -0.444 e. The summed E-state index contributed by atoms with van der Waals surface area (Å²) in [4.78, 5) is 18.7. The largest absolute Gasteiger partial charge is 0.444 e. The van der Waals surface area contributed by atoms with Gasteiger partial charge in [-0.05, 0) is 31.2 Å². The van der Waals surface area contributed by atoms with Crippen molar-refractivity contribution in [2.24, 2.45) is 0 Å². The summed E-state index contributed by atoms with van der Waals surface area (Å²) in [6.45, 7) is 3.64. The van der Waals surface area contributed by atoms with Crippen LogP contribution in [0.1, 0.15) is 29.0 Å². The van der Waals surface area contributed by atoms with Crippen LogP contribution in [0.15, 0.2) is 59.6 Å². The fraction of sp³-hybridized carbons (Fsp3) is 0.222. The molecule has 1 aromatic carbocycles. The van der Waals surface area contributed by atoms with Crippen molar-refractivity contribution < 1.29 is 9.21 Å².